The fourth-order valence-corrected chi connectivity index (χ4v) is 2.02. The Morgan fingerprint density at radius 3 is 2.44 bits per heavy atom. The Balaban J connectivity index is 2.58. The molecule has 1 aromatic carbocycles. The van der Waals surface area contributed by atoms with Crippen LogP contribution in [0.4, 0.5) is 0 Å². The van der Waals surface area contributed by atoms with E-state index in [0.29, 0.717) is 11.4 Å². The monoisotopic (exact) mass is 237 g/mol. The van der Waals surface area contributed by atoms with Gasteiger partial charge in [0, 0.05) is 18.0 Å². The Morgan fingerprint density at radius 1 is 1.25 bits per heavy atom. The van der Waals surface area contributed by atoms with Gasteiger partial charge in [0.2, 0.25) is 0 Å². The Hall–Kier alpha value is -1.66. The van der Waals surface area contributed by atoms with Gasteiger partial charge in [-0.2, -0.15) is 8.42 Å². The van der Waals surface area contributed by atoms with Gasteiger partial charge >= 0.3 is 10.2 Å². The molecule has 0 aliphatic carbocycles. The van der Waals surface area contributed by atoms with Gasteiger partial charge in [0.15, 0.2) is 5.82 Å². The lowest BCUT2D eigenvalue weighted by Gasteiger charge is -2.04. The third-order valence-electron chi connectivity index (χ3n) is 2.19. The summed E-state index contributed by atoms with van der Waals surface area (Å²) in [5.41, 5.74) is 1.81. The lowest BCUT2D eigenvalue weighted by Crippen LogP contribution is -2.21. The fraction of sp³-hybridized carbons (Fsp3) is 0.100. The second kappa shape index (κ2) is 3.73. The highest BCUT2D eigenvalue weighted by Crippen LogP contribution is 2.18. The Labute approximate surface area is 93.7 Å². The van der Waals surface area contributed by atoms with Gasteiger partial charge in [-0.05, 0) is 6.92 Å². The van der Waals surface area contributed by atoms with E-state index in [4.69, 9.17) is 5.14 Å². The lowest BCUT2D eigenvalue weighted by atomic mass is 10.1. The molecule has 1 aromatic heterocycles. The average molecular weight is 237 g/mol. The molecule has 0 radical (unpaired) electrons. The van der Waals surface area contributed by atoms with Gasteiger partial charge in [0.1, 0.15) is 0 Å². The molecule has 0 aliphatic heterocycles. The van der Waals surface area contributed by atoms with Crippen LogP contribution in [0, 0.1) is 6.92 Å². The molecule has 6 heteroatoms. The summed E-state index contributed by atoms with van der Waals surface area (Å²) in [5.74, 6) is 0.322. The molecule has 0 amide bonds. The first-order valence-corrected chi connectivity index (χ1v) is 6.12. The number of imidazole rings is 1. The number of hydrogen-bond acceptors (Lipinski definition) is 3. The van der Waals surface area contributed by atoms with Crippen molar-refractivity contribution in [2.45, 2.75) is 6.92 Å². The Morgan fingerprint density at radius 2 is 1.88 bits per heavy atom. The average Bonchev–Trinajstić information content (AvgIpc) is 2.66. The molecule has 0 fully saturated rings. The maximum absolute atomic E-state index is 11.3. The molecule has 84 valence electrons. The van der Waals surface area contributed by atoms with Crippen molar-refractivity contribution in [1.29, 1.82) is 0 Å². The lowest BCUT2D eigenvalue weighted by molar-refractivity contribution is 0.589. The van der Waals surface area contributed by atoms with Crippen LogP contribution in [0.25, 0.3) is 11.4 Å². The molecule has 0 saturated carbocycles. The van der Waals surface area contributed by atoms with Crippen LogP contribution in [-0.2, 0) is 10.2 Å². The number of hydrogen-bond donors (Lipinski definition) is 1. The minimum Gasteiger partial charge on any atom is -0.236 e. The molecule has 5 nitrogen and oxygen atoms in total. The van der Waals surface area contributed by atoms with Gasteiger partial charge < -0.3 is 0 Å². The molecule has 2 aromatic rings. The third-order valence-corrected chi connectivity index (χ3v) is 3.03. The molecule has 2 rings (SSSR count). The van der Waals surface area contributed by atoms with Crippen LogP contribution in [0.2, 0.25) is 0 Å². The van der Waals surface area contributed by atoms with Crippen LogP contribution in [0.15, 0.2) is 36.7 Å². The summed E-state index contributed by atoms with van der Waals surface area (Å²) in [7, 11) is -3.79. The van der Waals surface area contributed by atoms with Crippen molar-refractivity contribution in [3.05, 3.63) is 42.2 Å². The van der Waals surface area contributed by atoms with Gasteiger partial charge in [0.05, 0.1) is 0 Å². The zero-order valence-corrected chi connectivity index (χ0v) is 9.48. The van der Waals surface area contributed by atoms with Crippen molar-refractivity contribution in [3.63, 3.8) is 0 Å². The van der Waals surface area contributed by atoms with E-state index in [-0.39, 0.29) is 0 Å². The molecule has 1 heterocycles. The molecular formula is C10H11N3O2S. The van der Waals surface area contributed by atoms with Crippen LogP contribution < -0.4 is 5.14 Å². The van der Waals surface area contributed by atoms with E-state index in [1.54, 1.807) is 12.1 Å². The zero-order chi connectivity index (χ0) is 11.8. The first-order chi connectivity index (χ1) is 7.48. The highest BCUT2D eigenvalue weighted by atomic mass is 32.2. The number of nitrogens with two attached hydrogens (primary N) is 1. The standard InChI is InChI=1S/C10H11N3O2S/c1-8-2-4-9(5-3-8)10-12-6-7-13(10)16(11,14)15/h2-7H,1H3,(H2,11,14,15). The van der Waals surface area contributed by atoms with E-state index in [0.717, 1.165) is 9.54 Å². The predicted octanol–water partition coefficient (Wildman–Crippen LogP) is 0.910. The molecule has 0 bridgehead atoms. The van der Waals surface area contributed by atoms with E-state index < -0.39 is 10.2 Å². The summed E-state index contributed by atoms with van der Waals surface area (Å²) in [6, 6.07) is 7.38. The zero-order valence-electron chi connectivity index (χ0n) is 8.66. The SMILES string of the molecule is Cc1ccc(-c2nccn2S(N)(=O)=O)cc1. The minimum atomic E-state index is -3.79. The molecule has 0 saturated heterocycles. The van der Waals surface area contributed by atoms with Crippen molar-refractivity contribution in [2.24, 2.45) is 5.14 Å². The van der Waals surface area contributed by atoms with Gasteiger partial charge in [-0.1, -0.05) is 29.8 Å². The van der Waals surface area contributed by atoms with Gasteiger partial charge in [-0.15, -0.1) is 0 Å². The van der Waals surface area contributed by atoms with Crippen LogP contribution >= 0.6 is 0 Å². The quantitative estimate of drug-likeness (QED) is 0.843. The largest absolute Gasteiger partial charge is 0.304 e. The number of rotatable bonds is 2. The molecule has 0 aliphatic rings. The summed E-state index contributed by atoms with van der Waals surface area (Å²) < 4.78 is 23.5. The van der Waals surface area contributed by atoms with Crippen LogP contribution in [-0.4, -0.2) is 17.4 Å². The number of aromatic nitrogens is 2. The highest BCUT2D eigenvalue weighted by molar-refractivity contribution is 7.87. The van der Waals surface area contributed by atoms with Gasteiger partial charge in [-0.25, -0.2) is 14.1 Å². The van der Waals surface area contributed by atoms with Crippen molar-refractivity contribution in [3.8, 4) is 11.4 Å². The smallest absolute Gasteiger partial charge is 0.236 e. The second-order valence-electron chi connectivity index (χ2n) is 3.46. The Bertz CT molecular complexity index is 599. The number of nitrogens with zero attached hydrogens (tertiary/aromatic N) is 2. The van der Waals surface area contributed by atoms with E-state index in [1.807, 2.05) is 19.1 Å². The molecule has 0 spiro atoms. The van der Waals surface area contributed by atoms with Crippen molar-refractivity contribution in [1.82, 2.24) is 8.96 Å². The molecule has 2 N–H and O–H groups in total. The maximum Gasteiger partial charge on any atom is 0.304 e. The van der Waals surface area contributed by atoms with Crippen LogP contribution in [0.1, 0.15) is 5.56 Å². The molecule has 16 heavy (non-hydrogen) atoms. The molecular weight excluding hydrogens is 226 g/mol. The first kappa shape index (κ1) is 10.8. The van der Waals surface area contributed by atoms with Gasteiger partial charge in [0.25, 0.3) is 0 Å². The summed E-state index contributed by atoms with van der Waals surface area (Å²) in [6.07, 6.45) is 2.73. The summed E-state index contributed by atoms with van der Waals surface area (Å²) >= 11 is 0. The van der Waals surface area contributed by atoms with E-state index in [9.17, 15) is 8.42 Å². The van der Waals surface area contributed by atoms with Crippen LogP contribution in [0.3, 0.4) is 0 Å². The third kappa shape index (κ3) is 1.98. The molecule has 0 atom stereocenters. The maximum atomic E-state index is 11.3. The Kier molecular flexibility index (Phi) is 2.53. The number of aryl methyl sites for hydroxylation is 1. The van der Waals surface area contributed by atoms with Crippen molar-refractivity contribution in [2.75, 3.05) is 0 Å². The summed E-state index contributed by atoms with van der Waals surface area (Å²) in [5, 5.41) is 5.06. The summed E-state index contributed by atoms with van der Waals surface area (Å²) in [6.45, 7) is 1.95. The minimum absolute atomic E-state index is 0.322. The van der Waals surface area contributed by atoms with E-state index in [1.165, 1.54) is 12.4 Å². The first-order valence-electron chi connectivity index (χ1n) is 4.62. The van der Waals surface area contributed by atoms with Gasteiger partial charge in [-0.3, -0.25) is 0 Å². The molecule has 0 unspecified atom stereocenters. The second-order valence-corrected chi connectivity index (χ2v) is 4.88. The topological polar surface area (TPSA) is 78.0 Å². The predicted molar refractivity (Wildman–Crippen MR) is 60.9 cm³/mol. The number of benzene rings is 1. The highest BCUT2D eigenvalue weighted by Gasteiger charge is 2.13. The van der Waals surface area contributed by atoms with Crippen molar-refractivity contribution < 1.29 is 8.42 Å². The fourth-order valence-electron chi connectivity index (χ4n) is 1.40. The van der Waals surface area contributed by atoms with Crippen molar-refractivity contribution >= 4 is 10.2 Å². The van der Waals surface area contributed by atoms with E-state index >= 15 is 0 Å². The normalized spacial score (nSPS) is 11.6. The summed E-state index contributed by atoms with van der Waals surface area (Å²) in [4.78, 5) is 3.99. The van der Waals surface area contributed by atoms with Crippen LogP contribution in [0.5, 0.6) is 0 Å². The van der Waals surface area contributed by atoms with E-state index in [2.05, 4.69) is 4.98 Å².